The van der Waals surface area contributed by atoms with E-state index in [1.165, 1.54) is 0 Å². The SMILES string of the molecule is C[C@@H](NC(=O)C1(c2ccccc2Cl)CCOCC1)[C@H]1CCCO1. The van der Waals surface area contributed by atoms with Gasteiger partial charge >= 0.3 is 0 Å². The van der Waals surface area contributed by atoms with Gasteiger partial charge in [-0.2, -0.15) is 0 Å². The third kappa shape index (κ3) is 3.39. The van der Waals surface area contributed by atoms with Crippen molar-refractivity contribution in [3.63, 3.8) is 0 Å². The van der Waals surface area contributed by atoms with Crippen LogP contribution in [0.3, 0.4) is 0 Å². The number of benzene rings is 1. The minimum Gasteiger partial charge on any atom is -0.381 e. The van der Waals surface area contributed by atoms with Crippen LogP contribution in [0.2, 0.25) is 5.02 Å². The summed E-state index contributed by atoms with van der Waals surface area (Å²) in [5, 5.41) is 3.83. The Bertz CT molecular complexity index is 551. The van der Waals surface area contributed by atoms with Crippen LogP contribution < -0.4 is 5.32 Å². The van der Waals surface area contributed by atoms with Crippen molar-refractivity contribution in [3.8, 4) is 0 Å². The van der Waals surface area contributed by atoms with Crippen molar-refractivity contribution in [1.29, 1.82) is 0 Å². The molecule has 2 atom stereocenters. The number of carbonyl (C=O) groups is 1. The fourth-order valence-electron chi connectivity index (χ4n) is 3.62. The topological polar surface area (TPSA) is 47.6 Å². The first-order valence-electron chi connectivity index (χ1n) is 8.39. The molecule has 1 amide bonds. The highest BCUT2D eigenvalue weighted by Gasteiger charge is 2.43. The lowest BCUT2D eigenvalue weighted by Crippen LogP contribution is -2.52. The number of rotatable bonds is 4. The highest BCUT2D eigenvalue weighted by molar-refractivity contribution is 6.31. The van der Waals surface area contributed by atoms with Gasteiger partial charge in [-0.3, -0.25) is 4.79 Å². The highest BCUT2D eigenvalue weighted by atomic mass is 35.5. The minimum atomic E-state index is -0.608. The second kappa shape index (κ2) is 7.20. The number of hydrogen-bond donors (Lipinski definition) is 1. The van der Waals surface area contributed by atoms with Gasteiger partial charge in [0.1, 0.15) is 0 Å². The molecular formula is C18H24ClNO3. The first-order valence-corrected chi connectivity index (χ1v) is 8.76. The molecule has 4 nitrogen and oxygen atoms in total. The molecule has 0 aliphatic carbocycles. The van der Waals surface area contributed by atoms with Gasteiger partial charge < -0.3 is 14.8 Å². The summed E-state index contributed by atoms with van der Waals surface area (Å²) in [5.41, 5.74) is 0.297. The van der Waals surface area contributed by atoms with Crippen molar-refractivity contribution in [2.75, 3.05) is 19.8 Å². The monoisotopic (exact) mass is 337 g/mol. The molecule has 2 fully saturated rings. The van der Waals surface area contributed by atoms with E-state index in [4.69, 9.17) is 21.1 Å². The average Bonchev–Trinajstić information content (AvgIpc) is 3.10. The Morgan fingerprint density at radius 2 is 2.04 bits per heavy atom. The van der Waals surface area contributed by atoms with Gasteiger partial charge in [0.15, 0.2) is 0 Å². The molecule has 5 heteroatoms. The molecule has 126 valence electrons. The van der Waals surface area contributed by atoms with Gasteiger partial charge in [-0.15, -0.1) is 0 Å². The number of carbonyl (C=O) groups excluding carboxylic acids is 1. The zero-order chi connectivity index (χ0) is 16.3. The molecule has 0 radical (unpaired) electrons. The third-order valence-electron chi connectivity index (χ3n) is 5.05. The van der Waals surface area contributed by atoms with Crippen LogP contribution in [-0.2, 0) is 19.7 Å². The minimum absolute atomic E-state index is 0.00667. The van der Waals surface area contributed by atoms with Crippen LogP contribution in [0, 0.1) is 0 Å². The normalized spacial score (nSPS) is 25.0. The van der Waals surface area contributed by atoms with Gasteiger partial charge in [-0.05, 0) is 44.2 Å². The molecule has 2 aliphatic heterocycles. The first kappa shape index (κ1) is 16.7. The summed E-state index contributed by atoms with van der Waals surface area (Å²) in [4.78, 5) is 13.2. The molecule has 1 aromatic rings. The van der Waals surface area contributed by atoms with Crippen LogP contribution in [0.15, 0.2) is 24.3 Å². The quantitative estimate of drug-likeness (QED) is 0.918. The largest absolute Gasteiger partial charge is 0.381 e. The van der Waals surface area contributed by atoms with E-state index < -0.39 is 5.41 Å². The van der Waals surface area contributed by atoms with Gasteiger partial charge in [0, 0.05) is 24.8 Å². The zero-order valence-corrected chi connectivity index (χ0v) is 14.3. The molecule has 23 heavy (non-hydrogen) atoms. The Labute approximate surface area is 142 Å². The van der Waals surface area contributed by atoms with Gasteiger partial charge in [0.2, 0.25) is 5.91 Å². The Balaban J connectivity index is 1.83. The van der Waals surface area contributed by atoms with Gasteiger partial charge in [0.25, 0.3) is 0 Å². The summed E-state index contributed by atoms with van der Waals surface area (Å²) < 4.78 is 11.2. The van der Waals surface area contributed by atoms with Gasteiger partial charge in [-0.25, -0.2) is 0 Å². The van der Waals surface area contributed by atoms with E-state index >= 15 is 0 Å². The van der Waals surface area contributed by atoms with Gasteiger partial charge in [0.05, 0.1) is 17.6 Å². The predicted molar refractivity (Wildman–Crippen MR) is 89.8 cm³/mol. The molecular weight excluding hydrogens is 314 g/mol. The summed E-state index contributed by atoms with van der Waals surface area (Å²) in [5.74, 6) is 0.0388. The molecule has 0 spiro atoms. The molecule has 2 saturated heterocycles. The molecule has 2 heterocycles. The lowest BCUT2D eigenvalue weighted by Gasteiger charge is -2.38. The average molecular weight is 338 g/mol. The van der Waals surface area contributed by atoms with Crippen LogP contribution in [0.25, 0.3) is 0 Å². The molecule has 1 N–H and O–H groups in total. The summed E-state index contributed by atoms with van der Waals surface area (Å²) in [6, 6.07) is 7.66. The summed E-state index contributed by atoms with van der Waals surface area (Å²) in [6.45, 7) is 3.96. The van der Waals surface area contributed by atoms with E-state index in [1.807, 2.05) is 31.2 Å². The predicted octanol–water partition coefficient (Wildman–Crippen LogP) is 3.07. The second-order valence-electron chi connectivity index (χ2n) is 6.49. The first-order chi connectivity index (χ1) is 11.1. The Morgan fingerprint density at radius 3 is 2.70 bits per heavy atom. The van der Waals surface area contributed by atoms with E-state index in [-0.39, 0.29) is 18.1 Å². The molecule has 3 rings (SSSR count). The molecule has 2 aliphatic rings. The second-order valence-corrected chi connectivity index (χ2v) is 6.90. The number of halogens is 1. The Kier molecular flexibility index (Phi) is 5.24. The van der Waals surface area contributed by atoms with Crippen LogP contribution >= 0.6 is 11.6 Å². The maximum absolute atomic E-state index is 13.2. The van der Waals surface area contributed by atoms with E-state index in [0.717, 1.165) is 25.0 Å². The van der Waals surface area contributed by atoms with Crippen molar-refractivity contribution in [3.05, 3.63) is 34.9 Å². The maximum Gasteiger partial charge on any atom is 0.231 e. The fourth-order valence-corrected chi connectivity index (χ4v) is 3.94. The lowest BCUT2D eigenvalue weighted by atomic mass is 9.73. The molecule has 0 bridgehead atoms. The van der Waals surface area contributed by atoms with Crippen LogP contribution in [0.1, 0.15) is 38.2 Å². The number of amides is 1. The number of ether oxygens (including phenoxy) is 2. The number of hydrogen-bond acceptors (Lipinski definition) is 3. The van der Waals surface area contributed by atoms with Crippen molar-refractivity contribution >= 4 is 17.5 Å². The lowest BCUT2D eigenvalue weighted by molar-refractivity contribution is -0.132. The smallest absolute Gasteiger partial charge is 0.231 e. The van der Waals surface area contributed by atoms with Gasteiger partial charge in [-0.1, -0.05) is 29.8 Å². The zero-order valence-electron chi connectivity index (χ0n) is 13.5. The maximum atomic E-state index is 13.2. The van der Waals surface area contributed by atoms with Crippen LogP contribution in [-0.4, -0.2) is 37.9 Å². The Hall–Kier alpha value is -1.10. The van der Waals surface area contributed by atoms with E-state index in [2.05, 4.69) is 5.32 Å². The molecule has 0 saturated carbocycles. The molecule has 1 aromatic carbocycles. The fraction of sp³-hybridized carbons (Fsp3) is 0.611. The van der Waals surface area contributed by atoms with E-state index in [9.17, 15) is 4.79 Å². The summed E-state index contributed by atoms with van der Waals surface area (Å²) in [6.07, 6.45) is 3.49. The highest BCUT2D eigenvalue weighted by Crippen LogP contribution is 2.39. The standard InChI is InChI=1S/C18H24ClNO3/c1-13(16-7-4-10-23-16)20-17(21)18(8-11-22-12-9-18)14-5-2-3-6-15(14)19/h2-3,5-6,13,16H,4,7-12H2,1H3,(H,20,21)/t13-,16-/m1/s1. The summed E-state index contributed by atoms with van der Waals surface area (Å²) in [7, 11) is 0. The molecule has 0 unspecified atom stereocenters. The van der Waals surface area contributed by atoms with Crippen LogP contribution in [0.4, 0.5) is 0 Å². The van der Waals surface area contributed by atoms with Crippen LogP contribution in [0.5, 0.6) is 0 Å². The van der Waals surface area contributed by atoms with Crippen molar-refractivity contribution in [1.82, 2.24) is 5.32 Å². The third-order valence-corrected chi connectivity index (χ3v) is 5.38. The van der Waals surface area contributed by atoms with Crippen molar-refractivity contribution in [2.45, 2.75) is 50.2 Å². The van der Waals surface area contributed by atoms with Crippen molar-refractivity contribution in [2.24, 2.45) is 0 Å². The summed E-state index contributed by atoms with van der Waals surface area (Å²) >= 11 is 6.41. The number of nitrogens with one attached hydrogen (secondary N) is 1. The van der Waals surface area contributed by atoms with E-state index in [1.54, 1.807) is 0 Å². The van der Waals surface area contributed by atoms with E-state index in [0.29, 0.717) is 31.1 Å². The van der Waals surface area contributed by atoms with Crippen molar-refractivity contribution < 1.29 is 14.3 Å². The molecule has 0 aromatic heterocycles. The Morgan fingerprint density at radius 1 is 1.30 bits per heavy atom.